The number of aliphatic hydroxyl groups is 1. The van der Waals surface area contributed by atoms with Crippen molar-refractivity contribution in [3.63, 3.8) is 0 Å². The van der Waals surface area contributed by atoms with Crippen molar-refractivity contribution in [1.29, 1.82) is 0 Å². The van der Waals surface area contributed by atoms with Crippen LogP contribution < -0.4 is 4.90 Å². The maximum absolute atomic E-state index is 11.9. The van der Waals surface area contributed by atoms with E-state index in [0.717, 1.165) is 24.9 Å². The number of hydrogen-bond donors (Lipinski definition) is 1. The van der Waals surface area contributed by atoms with Gasteiger partial charge in [-0.1, -0.05) is 35.9 Å². The first kappa shape index (κ1) is 17.3. The highest BCUT2D eigenvalue weighted by Crippen LogP contribution is 2.38. The minimum absolute atomic E-state index is 0.594. The van der Waals surface area contributed by atoms with Gasteiger partial charge in [0.1, 0.15) is 5.69 Å². The zero-order valence-corrected chi connectivity index (χ0v) is 16.3. The summed E-state index contributed by atoms with van der Waals surface area (Å²) in [5.41, 5.74) is 6.32. The molecular formula is C23H29N2O+. The molecule has 0 radical (unpaired) electrons. The number of aryl methyl sites for hydroxylation is 3. The third-order valence-corrected chi connectivity index (χ3v) is 6.16. The summed E-state index contributed by atoms with van der Waals surface area (Å²) in [4.78, 5) is 2.36. The minimum atomic E-state index is -0.955. The van der Waals surface area contributed by atoms with Crippen LogP contribution in [0.3, 0.4) is 0 Å². The zero-order chi connectivity index (χ0) is 18.5. The molecule has 136 valence electrons. The van der Waals surface area contributed by atoms with Crippen LogP contribution in [0.5, 0.6) is 0 Å². The molecule has 0 saturated carbocycles. The van der Waals surface area contributed by atoms with E-state index in [1.54, 1.807) is 0 Å². The van der Waals surface area contributed by atoms with E-state index in [9.17, 15) is 5.11 Å². The van der Waals surface area contributed by atoms with Gasteiger partial charge in [-0.15, -0.1) is 0 Å². The van der Waals surface area contributed by atoms with Gasteiger partial charge in [0.2, 0.25) is 0 Å². The standard InChI is InChI=1S/C23H29N2O/c1-16-11-12-20(18(3)14-16)23(26)15-24(22-10-5-6-13-25(22)23)21-9-7-8-17(2)19(21)4/h7-9,11-12,14,26H,5-6,10,13,15H2,1-4H3/q+1/t23-/m0/s1. The lowest BCUT2D eigenvalue weighted by molar-refractivity contribution is -0.661. The lowest BCUT2D eigenvalue weighted by atomic mass is 9.95. The first-order valence-electron chi connectivity index (χ1n) is 9.69. The molecule has 2 aliphatic rings. The fourth-order valence-electron chi connectivity index (χ4n) is 4.64. The Kier molecular flexibility index (Phi) is 4.15. The average molecular weight is 349 g/mol. The maximum atomic E-state index is 11.9. The van der Waals surface area contributed by atoms with Gasteiger partial charge < -0.3 is 5.11 Å². The Morgan fingerprint density at radius 3 is 2.58 bits per heavy atom. The Bertz CT molecular complexity index is 899. The molecule has 0 spiro atoms. The normalized spacial score (nSPS) is 22.7. The molecule has 0 amide bonds. The van der Waals surface area contributed by atoms with E-state index >= 15 is 0 Å². The van der Waals surface area contributed by atoms with Crippen molar-refractivity contribution in [1.82, 2.24) is 0 Å². The van der Waals surface area contributed by atoms with E-state index in [0.29, 0.717) is 6.54 Å². The highest BCUT2D eigenvalue weighted by atomic mass is 16.3. The molecule has 3 nitrogen and oxygen atoms in total. The molecule has 1 N–H and O–H groups in total. The van der Waals surface area contributed by atoms with Gasteiger partial charge >= 0.3 is 0 Å². The summed E-state index contributed by atoms with van der Waals surface area (Å²) >= 11 is 0. The number of hydrogen-bond acceptors (Lipinski definition) is 2. The maximum Gasteiger partial charge on any atom is 0.271 e. The summed E-state index contributed by atoms with van der Waals surface area (Å²) in [6.07, 6.45) is 3.36. The molecule has 2 aliphatic heterocycles. The predicted molar refractivity (Wildman–Crippen MR) is 107 cm³/mol. The highest BCUT2D eigenvalue weighted by Gasteiger charge is 2.53. The average Bonchev–Trinajstić information content (AvgIpc) is 2.91. The van der Waals surface area contributed by atoms with Gasteiger partial charge in [0.05, 0.1) is 6.54 Å². The van der Waals surface area contributed by atoms with Crippen LogP contribution in [-0.4, -0.2) is 28.6 Å². The Morgan fingerprint density at radius 2 is 1.81 bits per heavy atom. The topological polar surface area (TPSA) is 26.5 Å². The largest absolute Gasteiger partial charge is 0.346 e. The molecule has 0 aliphatic carbocycles. The van der Waals surface area contributed by atoms with Crippen LogP contribution in [0.1, 0.15) is 47.1 Å². The van der Waals surface area contributed by atoms with Crippen molar-refractivity contribution in [2.75, 3.05) is 18.0 Å². The van der Waals surface area contributed by atoms with Gasteiger partial charge in [0, 0.05) is 12.0 Å². The van der Waals surface area contributed by atoms with E-state index in [1.807, 2.05) is 0 Å². The summed E-state index contributed by atoms with van der Waals surface area (Å²) in [5.74, 6) is 1.27. The number of nitrogens with zero attached hydrogens (tertiary/aromatic N) is 2. The molecule has 0 bridgehead atoms. The van der Waals surface area contributed by atoms with E-state index in [1.165, 1.54) is 40.2 Å². The van der Waals surface area contributed by atoms with Crippen LogP contribution >= 0.6 is 0 Å². The second-order valence-corrected chi connectivity index (χ2v) is 7.97. The summed E-state index contributed by atoms with van der Waals surface area (Å²) < 4.78 is 2.26. The van der Waals surface area contributed by atoms with Crippen molar-refractivity contribution in [3.05, 3.63) is 64.2 Å². The molecule has 1 atom stereocenters. The number of β-amino-alcohol motifs (C(OH)–C–C–N with tert-alkyl or cyclic N) is 1. The highest BCUT2D eigenvalue weighted by molar-refractivity contribution is 5.96. The molecule has 4 rings (SSSR count). The van der Waals surface area contributed by atoms with Gasteiger partial charge in [-0.3, -0.25) is 0 Å². The first-order valence-corrected chi connectivity index (χ1v) is 9.69. The van der Waals surface area contributed by atoms with Crippen molar-refractivity contribution in [3.8, 4) is 0 Å². The Labute approximate surface area is 156 Å². The lowest BCUT2D eigenvalue weighted by Crippen LogP contribution is -2.42. The van der Waals surface area contributed by atoms with Crippen LogP contribution in [0.25, 0.3) is 0 Å². The van der Waals surface area contributed by atoms with E-state index in [2.05, 4.69) is 73.6 Å². The van der Waals surface area contributed by atoms with Gasteiger partial charge in [-0.25, -0.2) is 9.48 Å². The molecule has 0 unspecified atom stereocenters. The number of anilines is 1. The summed E-state index contributed by atoms with van der Waals surface area (Å²) in [6.45, 7) is 10.1. The Morgan fingerprint density at radius 1 is 1.00 bits per heavy atom. The van der Waals surface area contributed by atoms with Crippen molar-refractivity contribution in [2.24, 2.45) is 0 Å². The molecule has 2 heterocycles. The van der Waals surface area contributed by atoms with Crippen molar-refractivity contribution in [2.45, 2.75) is 52.7 Å². The minimum Gasteiger partial charge on any atom is -0.346 e. The molecule has 3 heteroatoms. The summed E-state index contributed by atoms with van der Waals surface area (Å²) in [5, 5.41) is 11.9. The van der Waals surface area contributed by atoms with Crippen LogP contribution in [0.15, 0.2) is 36.4 Å². The third kappa shape index (κ3) is 2.57. The fraction of sp³-hybridized carbons (Fsp3) is 0.435. The van der Waals surface area contributed by atoms with Gasteiger partial charge in [-0.05, 0) is 63.3 Å². The van der Waals surface area contributed by atoms with Crippen LogP contribution in [0.4, 0.5) is 5.69 Å². The summed E-state index contributed by atoms with van der Waals surface area (Å²) in [7, 11) is 0. The molecule has 2 aromatic carbocycles. The van der Waals surface area contributed by atoms with Gasteiger partial charge in [0.25, 0.3) is 11.6 Å². The Balaban J connectivity index is 1.86. The number of amidine groups is 1. The van der Waals surface area contributed by atoms with Crippen molar-refractivity contribution < 1.29 is 9.68 Å². The fourth-order valence-corrected chi connectivity index (χ4v) is 4.64. The summed E-state index contributed by atoms with van der Waals surface area (Å²) in [6, 6.07) is 12.9. The first-order chi connectivity index (χ1) is 12.4. The molecule has 0 fully saturated rings. The monoisotopic (exact) mass is 349 g/mol. The lowest BCUT2D eigenvalue weighted by Gasteiger charge is -2.26. The van der Waals surface area contributed by atoms with E-state index in [4.69, 9.17) is 0 Å². The smallest absolute Gasteiger partial charge is 0.271 e. The second-order valence-electron chi connectivity index (χ2n) is 7.97. The predicted octanol–water partition coefficient (Wildman–Crippen LogP) is 4.18. The molecular weight excluding hydrogens is 320 g/mol. The zero-order valence-electron chi connectivity index (χ0n) is 16.3. The van der Waals surface area contributed by atoms with Crippen molar-refractivity contribution >= 4 is 11.5 Å². The van der Waals surface area contributed by atoms with Gasteiger partial charge in [0.15, 0.2) is 6.54 Å². The molecule has 0 aromatic heterocycles. The molecule has 26 heavy (non-hydrogen) atoms. The van der Waals surface area contributed by atoms with Crippen LogP contribution in [0, 0.1) is 27.7 Å². The molecule has 0 saturated heterocycles. The van der Waals surface area contributed by atoms with Gasteiger partial charge in [-0.2, -0.15) is 0 Å². The number of benzene rings is 2. The van der Waals surface area contributed by atoms with Crippen LogP contribution in [-0.2, 0) is 5.72 Å². The molecule has 2 aromatic rings. The quantitative estimate of drug-likeness (QED) is 0.823. The SMILES string of the molecule is Cc1ccc([C@@]2(O)CN(c3cccc(C)c3C)C3=[N+]2CCCC3)c(C)c1. The Hall–Kier alpha value is -2.13. The van der Waals surface area contributed by atoms with E-state index < -0.39 is 5.72 Å². The second kappa shape index (κ2) is 6.24. The third-order valence-electron chi connectivity index (χ3n) is 6.16. The number of rotatable bonds is 2. The van der Waals surface area contributed by atoms with E-state index in [-0.39, 0.29) is 0 Å². The van der Waals surface area contributed by atoms with Crippen LogP contribution in [0.2, 0.25) is 0 Å².